The highest BCUT2D eigenvalue weighted by Gasteiger charge is 2.13. The number of ether oxygens (including phenoxy) is 1. The van der Waals surface area contributed by atoms with E-state index in [2.05, 4.69) is 29.0 Å². The van der Waals surface area contributed by atoms with E-state index in [0.29, 0.717) is 22.5 Å². The van der Waals surface area contributed by atoms with Crippen LogP contribution in [0.15, 0.2) is 24.3 Å². The van der Waals surface area contributed by atoms with Crippen LogP contribution in [0.3, 0.4) is 0 Å². The molecule has 0 atom stereocenters. The molecule has 0 amide bonds. The molecular weight excluding hydrogens is 264 g/mol. The van der Waals surface area contributed by atoms with Crippen molar-refractivity contribution in [1.29, 1.82) is 0 Å². The minimum absolute atomic E-state index is 0.0552. The molecule has 0 saturated heterocycles. The Labute approximate surface area is 115 Å². The van der Waals surface area contributed by atoms with Gasteiger partial charge in [-0.1, -0.05) is 26.0 Å². The van der Waals surface area contributed by atoms with Gasteiger partial charge in [-0.2, -0.15) is 8.78 Å². The van der Waals surface area contributed by atoms with Gasteiger partial charge in [-0.05, 0) is 24.5 Å². The number of hydrogen-bond acceptors (Lipinski definition) is 4. The zero-order valence-corrected chi connectivity index (χ0v) is 11.4. The Hall–Kier alpha value is -1.95. The Bertz CT molecular complexity index is 602. The Balaban J connectivity index is 2.59. The van der Waals surface area contributed by atoms with Gasteiger partial charge in [0.1, 0.15) is 5.52 Å². The predicted molar refractivity (Wildman–Crippen MR) is 74.7 cm³/mol. The fourth-order valence-electron chi connectivity index (χ4n) is 2.11. The molecule has 0 fully saturated rings. The Morgan fingerprint density at radius 1 is 1.35 bits per heavy atom. The van der Waals surface area contributed by atoms with Crippen LogP contribution in [-0.2, 0) is 6.42 Å². The first-order chi connectivity index (χ1) is 9.51. The van der Waals surface area contributed by atoms with E-state index < -0.39 is 6.61 Å². The van der Waals surface area contributed by atoms with Crippen molar-refractivity contribution in [1.82, 2.24) is 4.98 Å². The quantitative estimate of drug-likeness (QED) is 0.652. The Kier molecular flexibility index (Phi) is 4.34. The molecule has 0 aliphatic heterocycles. The second kappa shape index (κ2) is 6.00. The van der Waals surface area contributed by atoms with Crippen LogP contribution in [0.4, 0.5) is 14.5 Å². The molecule has 0 saturated carbocycles. The molecule has 0 unspecified atom stereocenters. The normalized spacial score (nSPS) is 11.3. The van der Waals surface area contributed by atoms with Crippen LogP contribution < -0.4 is 16.0 Å². The number of nitrogen functional groups attached to an aromatic ring is 1. The summed E-state index contributed by atoms with van der Waals surface area (Å²) in [5.74, 6) is 5.95. The summed E-state index contributed by atoms with van der Waals surface area (Å²) >= 11 is 0. The predicted octanol–water partition coefficient (Wildman–Crippen LogP) is 3.32. The minimum Gasteiger partial charge on any atom is -0.432 e. The molecule has 20 heavy (non-hydrogen) atoms. The van der Waals surface area contributed by atoms with Crippen LogP contribution in [0.5, 0.6) is 5.75 Å². The van der Waals surface area contributed by atoms with Gasteiger partial charge in [0.05, 0.1) is 5.69 Å². The van der Waals surface area contributed by atoms with Crippen molar-refractivity contribution in [3.63, 3.8) is 0 Å². The summed E-state index contributed by atoms with van der Waals surface area (Å²) in [5.41, 5.74) is 4.40. The van der Waals surface area contributed by atoms with Crippen molar-refractivity contribution in [2.75, 3.05) is 5.43 Å². The van der Waals surface area contributed by atoms with Gasteiger partial charge in [0, 0.05) is 11.1 Å². The van der Waals surface area contributed by atoms with Crippen molar-refractivity contribution in [2.45, 2.75) is 26.9 Å². The van der Waals surface area contributed by atoms with Gasteiger partial charge in [-0.15, -0.1) is 0 Å². The number of nitrogens with one attached hydrogen (secondary N) is 1. The highest BCUT2D eigenvalue weighted by Crippen LogP contribution is 2.31. The van der Waals surface area contributed by atoms with E-state index in [1.54, 1.807) is 12.1 Å². The largest absolute Gasteiger partial charge is 0.432 e. The smallest absolute Gasteiger partial charge is 0.387 e. The highest BCUT2D eigenvalue weighted by atomic mass is 19.3. The van der Waals surface area contributed by atoms with Crippen molar-refractivity contribution in [2.24, 2.45) is 11.8 Å². The standard InChI is InChI=1S/C14H17F2N3O/c1-8(2)6-9-7-11(19-17)10-4-3-5-12(13(10)18-9)20-14(15)16/h3-5,7-8,14H,6,17H2,1-2H3,(H,18,19). The van der Waals surface area contributed by atoms with Crippen LogP contribution in [0.2, 0.25) is 0 Å². The Morgan fingerprint density at radius 2 is 2.10 bits per heavy atom. The van der Waals surface area contributed by atoms with Gasteiger partial charge < -0.3 is 10.2 Å². The van der Waals surface area contributed by atoms with E-state index in [4.69, 9.17) is 5.84 Å². The second-order valence-electron chi connectivity index (χ2n) is 4.93. The average Bonchev–Trinajstić information content (AvgIpc) is 2.37. The second-order valence-corrected chi connectivity index (χ2v) is 4.93. The van der Waals surface area contributed by atoms with E-state index in [1.807, 2.05) is 6.07 Å². The SMILES string of the molecule is CC(C)Cc1cc(NN)c2cccc(OC(F)F)c2n1. The first kappa shape index (κ1) is 14.5. The summed E-state index contributed by atoms with van der Waals surface area (Å²) in [5, 5.41) is 0.651. The molecule has 0 aliphatic carbocycles. The van der Waals surface area contributed by atoms with Crippen molar-refractivity contribution in [3.05, 3.63) is 30.0 Å². The third-order valence-electron chi connectivity index (χ3n) is 2.84. The van der Waals surface area contributed by atoms with E-state index >= 15 is 0 Å². The number of nitrogens with zero attached hydrogens (tertiary/aromatic N) is 1. The number of fused-ring (bicyclic) bond motifs is 1. The molecule has 1 aromatic carbocycles. The van der Waals surface area contributed by atoms with Crippen LogP contribution >= 0.6 is 0 Å². The van der Waals surface area contributed by atoms with Gasteiger partial charge in [-0.25, -0.2) is 4.98 Å². The topological polar surface area (TPSA) is 60.2 Å². The van der Waals surface area contributed by atoms with Crippen LogP contribution in [0, 0.1) is 5.92 Å². The molecule has 1 heterocycles. The Morgan fingerprint density at radius 3 is 2.70 bits per heavy atom. The van der Waals surface area contributed by atoms with Gasteiger partial charge >= 0.3 is 6.61 Å². The fourth-order valence-corrected chi connectivity index (χ4v) is 2.11. The summed E-state index contributed by atoms with van der Waals surface area (Å²) in [7, 11) is 0. The highest BCUT2D eigenvalue weighted by molar-refractivity contribution is 5.94. The van der Waals surface area contributed by atoms with Crippen molar-refractivity contribution >= 4 is 16.6 Å². The van der Waals surface area contributed by atoms with Gasteiger partial charge in [-0.3, -0.25) is 5.84 Å². The number of rotatable bonds is 5. The summed E-state index contributed by atoms with van der Waals surface area (Å²) in [6.07, 6.45) is 0.730. The number of pyridine rings is 1. The lowest BCUT2D eigenvalue weighted by atomic mass is 10.1. The molecule has 0 bridgehead atoms. The van der Waals surface area contributed by atoms with Crippen LogP contribution in [0.25, 0.3) is 10.9 Å². The van der Waals surface area contributed by atoms with E-state index in [-0.39, 0.29) is 5.75 Å². The lowest BCUT2D eigenvalue weighted by molar-refractivity contribution is -0.0489. The third-order valence-corrected chi connectivity index (χ3v) is 2.84. The number of nitrogens with two attached hydrogens (primary N) is 1. The minimum atomic E-state index is -2.88. The molecule has 4 nitrogen and oxygen atoms in total. The summed E-state index contributed by atoms with van der Waals surface area (Å²) < 4.78 is 29.4. The summed E-state index contributed by atoms with van der Waals surface area (Å²) in [6.45, 7) is 1.23. The van der Waals surface area contributed by atoms with E-state index in [9.17, 15) is 8.78 Å². The number of para-hydroxylation sites is 1. The molecule has 0 aliphatic rings. The summed E-state index contributed by atoms with van der Waals surface area (Å²) in [4.78, 5) is 4.42. The molecule has 1 aromatic heterocycles. The van der Waals surface area contributed by atoms with Gasteiger partial charge in [0.25, 0.3) is 0 Å². The molecule has 3 N–H and O–H groups in total. The van der Waals surface area contributed by atoms with Crippen LogP contribution in [-0.4, -0.2) is 11.6 Å². The number of hydrogen-bond donors (Lipinski definition) is 2. The molecule has 2 rings (SSSR count). The number of anilines is 1. The number of halogens is 2. The first-order valence-electron chi connectivity index (χ1n) is 6.35. The number of aromatic nitrogens is 1. The zero-order valence-electron chi connectivity index (χ0n) is 11.4. The number of hydrazine groups is 1. The third kappa shape index (κ3) is 3.14. The van der Waals surface area contributed by atoms with Crippen molar-refractivity contribution in [3.8, 4) is 5.75 Å². The maximum Gasteiger partial charge on any atom is 0.387 e. The molecule has 0 radical (unpaired) electrons. The first-order valence-corrected chi connectivity index (χ1v) is 6.35. The average molecular weight is 281 g/mol. The lowest BCUT2D eigenvalue weighted by Crippen LogP contribution is -2.10. The molecule has 0 spiro atoms. The van der Waals surface area contributed by atoms with E-state index in [1.165, 1.54) is 6.07 Å². The molecule has 6 heteroatoms. The van der Waals surface area contributed by atoms with Gasteiger partial charge in [0.15, 0.2) is 5.75 Å². The number of benzene rings is 1. The van der Waals surface area contributed by atoms with Crippen molar-refractivity contribution < 1.29 is 13.5 Å². The zero-order chi connectivity index (χ0) is 14.7. The molecular formula is C14H17F2N3O. The van der Waals surface area contributed by atoms with E-state index in [0.717, 1.165) is 12.1 Å². The molecule has 108 valence electrons. The maximum atomic E-state index is 12.5. The maximum absolute atomic E-state index is 12.5. The fraction of sp³-hybridized carbons (Fsp3) is 0.357. The summed E-state index contributed by atoms with van der Waals surface area (Å²) in [6, 6.07) is 6.69. The number of alkyl halides is 2. The lowest BCUT2D eigenvalue weighted by Gasteiger charge is -2.13. The van der Waals surface area contributed by atoms with Crippen LogP contribution in [0.1, 0.15) is 19.5 Å². The molecule has 2 aromatic rings. The van der Waals surface area contributed by atoms with Gasteiger partial charge in [0.2, 0.25) is 0 Å². The monoisotopic (exact) mass is 281 g/mol.